The summed E-state index contributed by atoms with van der Waals surface area (Å²) in [5.41, 5.74) is 2.38. The van der Waals surface area contributed by atoms with E-state index in [1.54, 1.807) is 0 Å². The first-order chi connectivity index (χ1) is 10.7. The maximum atomic E-state index is 12.3. The summed E-state index contributed by atoms with van der Waals surface area (Å²) in [6.45, 7) is 6.31. The van der Waals surface area contributed by atoms with Crippen LogP contribution in [0.5, 0.6) is 0 Å². The number of amides is 1. The van der Waals surface area contributed by atoms with Gasteiger partial charge in [-0.2, -0.15) is 0 Å². The van der Waals surface area contributed by atoms with Gasteiger partial charge in [0.2, 0.25) is 5.91 Å². The average molecular weight is 374 g/mol. The van der Waals surface area contributed by atoms with Crippen LogP contribution in [0.1, 0.15) is 51.1 Å². The largest absolute Gasteiger partial charge is 0.317 e. The van der Waals surface area contributed by atoms with Crippen molar-refractivity contribution < 1.29 is 4.79 Å². The van der Waals surface area contributed by atoms with Gasteiger partial charge in [0.05, 0.1) is 0 Å². The second-order valence-corrected chi connectivity index (χ2v) is 6.50. The van der Waals surface area contributed by atoms with E-state index in [9.17, 15) is 4.79 Å². The fourth-order valence-electron chi connectivity index (χ4n) is 3.79. The molecule has 0 spiro atoms. The molecule has 2 N–H and O–H groups in total. The number of carbonyl (C=O) groups is 1. The molecule has 0 radical (unpaired) electrons. The van der Waals surface area contributed by atoms with E-state index < -0.39 is 0 Å². The number of nitrogens with one attached hydrogen (secondary N) is 2. The topological polar surface area (TPSA) is 44.4 Å². The number of hydrogen-bond donors (Lipinski definition) is 2. The first-order valence-corrected chi connectivity index (χ1v) is 8.58. The summed E-state index contributed by atoms with van der Waals surface area (Å²) >= 11 is 0. The summed E-state index contributed by atoms with van der Waals surface area (Å²) in [4.78, 5) is 14.3. The van der Waals surface area contributed by atoms with Gasteiger partial charge in [0, 0.05) is 30.2 Å². The van der Waals surface area contributed by atoms with Gasteiger partial charge in [0.25, 0.3) is 0 Å². The van der Waals surface area contributed by atoms with Gasteiger partial charge in [0.15, 0.2) is 0 Å². The lowest BCUT2D eigenvalue weighted by atomic mass is 9.90. The first-order valence-electron chi connectivity index (χ1n) is 8.58. The van der Waals surface area contributed by atoms with E-state index in [2.05, 4.69) is 35.8 Å². The number of halogens is 2. The molecule has 2 atom stereocenters. The third-order valence-electron chi connectivity index (χ3n) is 4.94. The molecule has 2 heterocycles. The molecule has 6 heteroatoms. The number of benzene rings is 1. The molecular weight excluding hydrogens is 345 g/mol. The van der Waals surface area contributed by atoms with Crippen LogP contribution < -0.4 is 15.5 Å². The third kappa shape index (κ3) is 4.42. The summed E-state index contributed by atoms with van der Waals surface area (Å²) in [6, 6.07) is 9.58. The van der Waals surface area contributed by atoms with E-state index in [1.807, 2.05) is 17.9 Å². The van der Waals surface area contributed by atoms with Crippen LogP contribution in [0.2, 0.25) is 0 Å². The monoisotopic (exact) mass is 373 g/mol. The molecule has 0 aromatic heterocycles. The molecule has 2 aliphatic heterocycles. The molecule has 0 bridgehead atoms. The highest BCUT2D eigenvalue weighted by molar-refractivity contribution is 5.95. The highest BCUT2D eigenvalue weighted by atomic mass is 35.5. The predicted molar refractivity (Wildman–Crippen MR) is 105 cm³/mol. The molecule has 0 unspecified atom stereocenters. The molecule has 1 amide bonds. The van der Waals surface area contributed by atoms with Crippen molar-refractivity contribution in [3.8, 4) is 0 Å². The molecule has 0 aliphatic carbocycles. The van der Waals surface area contributed by atoms with Crippen molar-refractivity contribution in [3.05, 3.63) is 29.8 Å². The van der Waals surface area contributed by atoms with Gasteiger partial charge in [-0.05, 0) is 50.9 Å². The lowest BCUT2D eigenvalue weighted by Gasteiger charge is -2.41. The highest BCUT2D eigenvalue weighted by Crippen LogP contribution is 2.37. The molecule has 24 heavy (non-hydrogen) atoms. The Morgan fingerprint density at radius 1 is 1.25 bits per heavy atom. The van der Waals surface area contributed by atoms with Crippen molar-refractivity contribution in [1.82, 2.24) is 10.6 Å². The molecule has 3 rings (SSSR count). The number of rotatable bonds is 3. The minimum atomic E-state index is 0. The Bertz CT molecular complexity index is 535. The highest BCUT2D eigenvalue weighted by Gasteiger charge is 2.33. The summed E-state index contributed by atoms with van der Waals surface area (Å²) in [5, 5.41) is 7.26. The molecule has 4 nitrogen and oxygen atoms in total. The number of piperidine rings is 1. The minimum absolute atomic E-state index is 0. The van der Waals surface area contributed by atoms with E-state index in [0.717, 1.165) is 25.2 Å². The van der Waals surface area contributed by atoms with Crippen molar-refractivity contribution in [2.24, 2.45) is 0 Å². The number of hydrogen-bond acceptors (Lipinski definition) is 3. The zero-order chi connectivity index (χ0) is 15.5. The van der Waals surface area contributed by atoms with E-state index >= 15 is 0 Å². The van der Waals surface area contributed by atoms with Crippen LogP contribution in [0.25, 0.3) is 0 Å². The van der Waals surface area contributed by atoms with Gasteiger partial charge in [-0.15, -0.1) is 24.8 Å². The first kappa shape index (κ1) is 21.2. The second kappa shape index (κ2) is 9.62. The van der Waals surface area contributed by atoms with E-state index in [0.29, 0.717) is 18.5 Å². The number of carbonyl (C=O) groups excluding carboxylic acids is 1. The third-order valence-corrected chi connectivity index (χ3v) is 4.94. The van der Waals surface area contributed by atoms with E-state index in [4.69, 9.17) is 0 Å². The molecular formula is C18H29Cl2N3O. The molecule has 136 valence electrons. The quantitative estimate of drug-likeness (QED) is 0.852. The van der Waals surface area contributed by atoms with Crippen LogP contribution in [0.4, 0.5) is 5.69 Å². The van der Waals surface area contributed by atoms with Gasteiger partial charge >= 0.3 is 0 Å². The fourth-order valence-corrected chi connectivity index (χ4v) is 3.79. The predicted octanol–water partition coefficient (Wildman–Crippen LogP) is 3.45. The maximum absolute atomic E-state index is 12.3. The van der Waals surface area contributed by atoms with Crippen molar-refractivity contribution in [1.29, 1.82) is 0 Å². The van der Waals surface area contributed by atoms with Crippen LogP contribution in [0, 0.1) is 0 Å². The van der Waals surface area contributed by atoms with Gasteiger partial charge < -0.3 is 15.5 Å². The van der Waals surface area contributed by atoms with E-state index in [-0.39, 0.29) is 36.8 Å². The van der Waals surface area contributed by atoms with Crippen molar-refractivity contribution in [2.45, 2.75) is 57.7 Å². The van der Waals surface area contributed by atoms with Crippen molar-refractivity contribution in [2.75, 3.05) is 18.0 Å². The normalized spacial score (nSPS) is 23.7. The smallest absolute Gasteiger partial charge is 0.226 e. The van der Waals surface area contributed by atoms with Gasteiger partial charge in [-0.1, -0.05) is 25.1 Å². The van der Waals surface area contributed by atoms with Crippen LogP contribution in [0.15, 0.2) is 24.3 Å². The van der Waals surface area contributed by atoms with Crippen LogP contribution >= 0.6 is 24.8 Å². The Labute approximate surface area is 157 Å². The molecule has 2 aliphatic rings. The number of nitrogens with zero attached hydrogens (tertiary/aromatic N) is 1. The SMILES string of the molecule is CCC(=O)N1c2ccccc2[C@H](NC2CCNCC2)C[C@@H]1C.Cl.Cl. The number of fused-ring (bicyclic) bond motifs is 1. The molecule has 1 aromatic rings. The Morgan fingerprint density at radius 3 is 2.58 bits per heavy atom. The van der Waals surface area contributed by atoms with Crippen molar-refractivity contribution >= 4 is 36.4 Å². The summed E-state index contributed by atoms with van der Waals surface area (Å²) < 4.78 is 0. The maximum Gasteiger partial charge on any atom is 0.226 e. The lowest BCUT2D eigenvalue weighted by molar-refractivity contribution is -0.118. The summed E-state index contributed by atoms with van der Waals surface area (Å²) in [7, 11) is 0. The second-order valence-electron chi connectivity index (χ2n) is 6.50. The summed E-state index contributed by atoms with van der Waals surface area (Å²) in [6.07, 6.45) is 3.92. The number of anilines is 1. The number of para-hydroxylation sites is 1. The molecule has 1 saturated heterocycles. The Balaban J connectivity index is 0.00000144. The van der Waals surface area contributed by atoms with Crippen molar-refractivity contribution in [3.63, 3.8) is 0 Å². The Kier molecular flexibility index (Phi) is 8.51. The molecule has 1 fully saturated rings. The average Bonchev–Trinajstić information content (AvgIpc) is 2.55. The Morgan fingerprint density at radius 2 is 1.92 bits per heavy atom. The zero-order valence-electron chi connectivity index (χ0n) is 14.5. The van der Waals surface area contributed by atoms with Gasteiger partial charge in [-0.3, -0.25) is 4.79 Å². The van der Waals surface area contributed by atoms with Crippen LogP contribution in [-0.2, 0) is 4.79 Å². The fraction of sp³-hybridized carbons (Fsp3) is 0.611. The van der Waals surface area contributed by atoms with Crippen LogP contribution in [-0.4, -0.2) is 31.1 Å². The minimum Gasteiger partial charge on any atom is -0.317 e. The van der Waals surface area contributed by atoms with Crippen LogP contribution in [0.3, 0.4) is 0 Å². The Hall–Kier alpha value is -0.810. The van der Waals surface area contributed by atoms with E-state index in [1.165, 1.54) is 18.4 Å². The van der Waals surface area contributed by atoms with Gasteiger partial charge in [0.1, 0.15) is 0 Å². The molecule has 0 saturated carbocycles. The standard InChI is InChI=1S/C18H27N3O.2ClH/c1-3-18(22)21-13(2)12-16(15-6-4-5-7-17(15)21)20-14-8-10-19-11-9-14;;/h4-7,13-14,16,19-20H,3,8-12H2,1-2H3;2*1H/t13-,16+;;/m0../s1. The van der Waals surface area contributed by atoms with Gasteiger partial charge in [-0.25, -0.2) is 0 Å². The molecule has 1 aromatic carbocycles. The zero-order valence-corrected chi connectivity index (χ0v) is 16.1. The summed E-state index contributed by atoms with van der Waals surface area (Å²) in [5.74, 6) is 0.222. The lowest BCUT2D eigenvalue weighted by Crippen LogP contribution is -2.48.